The van der Waals surface area contributed by atoms with Crippen molar-refractivity contribution in [2.24, 2.45) is 5.92 Å². The number of hydrogen-bond donors (Lipinski definition) is 1. The van der Waals surface area contributed by atoms with Crippen LogP contribution >= 0.6 is 0 Å². The predicted octanol–water partition coefficient (Wildman–Crippen LogP) is 2.01. The van der Waals surface area contributed by atoms with Crippen LogP contribution in [0.15, 0.2) is 6.07 Å². The molecule has 1 aromatic heterocycles. The highest BCUT2D eigenvalue weighted by Crippen LogP contribution is 2.22. The van der Waals surface area contributed by atoms with Gasteiger partial charge in [-0.2, -0.15) is 5.26 Å². The largest absolute Gasteiger partial charge is 0.358 e. The Morgan fingerprint density at radius 2 is 2.32 bits per heavy atom. The number of pyridine rings is 1. The third-order valence-electron chi connectivity index (χ3n) is 3.73. The van der Waals surface area contributed by atoms with Gasteiger partial charge in [0.2, 0.25) is 0 Å². The van der Waals surface area contributed by atoms with E-state index in [-0.39, 0.29) is 0 Å². The van der Waals surface area contributed by atoms with Gasteiger partial charge in [-0.3, -0.25) is 0 Å². The van der Waals surface area contributed by atoms with E-state index < -0.39 is 0 Å². The molecule has 1 fully saturated rings. The summed E-state index contributed by atoms with van der Waals surface area (Å²) < 4.78 is 0. The lowest BCUT2D eigenvalue weighted by atomic mass is 9.99. The predicted molar refractivity (Wildman–Crippen MR) is 77.3 cm³/mol. The number of aryl methyl sites for hydroxylation is 2. The van der Waals surface area contributed by atoms with Crippen LogP contribution in [-0.2, 0) is 0 Å². The van der Waals surface area contributed by atoms with Crippen molar-refractivity contribution in [3.05, 3.63) is 22.9 Å². The molecule has 1 saturated heterocycles. The Hall–Kier alpha value is -1.60. The first-order valence-electron chi connectivity index (χ1n) is 6.92. The number of anilines is 1. The second-order valence-electron chi connectivity index (χ2n) is 5.48. The zero-order valence-corrected chi connectivity index (χ0v) is 12.0. The first kappa shape index (κ1) is 13.8. The van der Waals surface area contributed by atoms with E-state index in [1.54, 1.807) is 0 Å². The summed E-state index contributed by atoms with van der Waals surface area (Å²) in [5.41, 5.74) is 2.69. The van der Waals surface area contributed by atoms with Gasteiger partial charge in [-0.1, -0.05) is 0 Å². The molecule has 1 atom stereocenters. The molecule has 1 unspecified atom stereocenters. The van der Waals surface area contributed by atoms with Crippen molar-refractivity contribution in [1.29, 1.82) is 5.26 Å². The van der Waals surface area contributed by atoms with Crippen LogP contribution in [0.3, 0.4) is 0 Å². The average molecular weight is 258 g/mol. The number of nitrogens with one attached hydrogen (secondary N) is 1. The van der Waals surface area contributed by atoms with Crippen LogP contribution in [0.4, 0.5) is 5.82 Å². The molecule has 0 amide bonds. The summed E-state index contributed by atoms with van der Waals surface area (Å²) in [4.78, 5) is 6.69. The van der Waals surface area contributed by atoms with E-state index in [0.29, 0.717) is 11.5 Å². The minimum absolute atomic E-state index is 0.646. The fraction of sp³-hybridized carbons (Fsp3) is 0.600. The normalized spacial score (nSPS) is 18.9. The maximum absolute atomic E-state index is 9.32. The lowest BCUT2D eigenvalue weighted by molar-refractivity contribution is 0.380. The van der Waals surface area contributed by atoms with Crippen molar-refractivity contribution in [2.45, 2.75) is 26.7 Å². The molecule has 102 valence electrons. The molecule has 0 saturated carbocycles. The van der Waals surface area contributed by atoms with Gasteiger partial charge in [0.1, 0.15) is 11.9 Å². The van der Waals surface area contributed by atoms with Gasteiger partial charge in [-0.15, -0.1) is 0 Å². The maximum Gasteiger partial charge on any atom is 0.146 e. The first-order valence-corrected chi connectivity index (χ1v) is 6.92. The van der Waals surface area contributed by atoms with E-state index in [9.17, 15) is 5.26 Å². The second kappa shape index (κ2) is 6.03. The lowest BCUT2D eigenvalue weighted by Crippen LogP contribution is -2.37. The fourth-order valence-corrected chi connectivity index (χ4v) is 2.79. The molecule has 1 aromatic rings. The highest BCUT2D eigenvalue weighted by atomic mass is 15.2. The molecule has 0 bridgehead atoms. The van der Waals surface area contributed by atoms with Crippen LogP contribution in [0.5, 0.6) is 0 Å². The van der Waals surface area contributed by atoms with Crippen LogP contribution in [0.25, 0.3) is 0 Å². The monoisotopic (exact) mass is 258 g/mol. The van der Waals surface area contributed by atoms with E-state index in [4.69, 9.17) is 0 Å². The van der Waals surface area contributed by atoms with Gasteiger partial charge in [-0.25, -0.2) is 4.98 Å². The summed E-state index contributed by atoms with van der Waals surface area (Å²) >= 11 is 0. The fourth-order valence-electron chi connectivity index (χ4n) is 2.79. The van der Waals surface area contributed by atoms with Crippen molar-refractivity contribution >= 4 is 5.82 Å². The third kappa shape index (κ3) is 3.24. The van der Waals surface area contributed by atoms with Crippen molar-refractivity contribution in [3.8, 4) is 6.07 Å². The molecule has 19 heavy (non-hydrogen) atoms. The van der Waals surface area contributed by atoms with Gasteiger partial charge in [0.25, 0.3) is 0 Å². The van der Waals surface area contributed by atoms with Crippen LogP contribution < -0.4 is 10.2 Å². The number of aromatic nitrogens is 1. The quantitative estimate of drug-likeness (QED) is 0.901. The Morgan fingerprint density at radius 3 is 2.95 bits per heavy atom. The van der Waals surface area contributed by atoms with Crippen LogP contribution in [0, 0.1) is 31.1 Å². The topological polar surface area (TPSA) is 52.0 Å². The Balaban J connectivity index is 2.18. The first-order chi connectivity index (χ1) is 9.11. The number of nitrogens with zero attached hydrogens (tertiary/aromatic N) is 3. The van der Waals surface area contributed by atoms with Crippen molar-refractivity contribution in [3.63, 3.8) is 0 Å². The number of hydrogen-bond acceptors (Lipinski definition) is 4. The molecule has 4 heteroatoms. The standard InChI is InChI=1S/C15H22N4/c1-11-7-12(2)18-15(14(11)8-16)19(3)10-13-5-4-6-17-9-13/h7,13,17H,4-6,9-10H2,1-3H3. The van der Waals surface area contributed by atoms with Gasteiger partial charge < -0.3 is 10.2 Å². The molecular formula is C15H22N4. The van der Waals surface area contributed by atoms with Gasteiger partial charge >= 0.3 is 0 Å². The second-order valence-corrected chi connectivity index (χ2v) is 5.48. The molecule has 1 aliphatic rings. The molecule has 0 aliphatic carbocycles. The van der Waals surface area contributed by atoms with E-state index in [2.05, 4.69) is 21.3 Å². The number of rotatable bonds is 3. The maximum atomic E-state index is 9.32. The molecule has 0 spiro atoms. The third-order valence-corrected chi connectivity index (χ3v) is 3.73. The zero-order valence-electron chi connectivity index (χ0n) is 12.0. The summed E-state index contributed by atoms with van der Waals surface area (Å²) in [6.45, 7) is 7.11. The van der Waals surface area contributed by atoms with Gasteiger partial charge in [0.15, 0.2) is 0 Å². The SMILES string of the molecule is Cc1cc(C)c(C#N)c(N(C)CC2CCCNC2)n1. The smallest absolute Gasteiger partial charge is 0.146 e. The van der Waals surface area contributed by atoms with E-state index in [0.717, 1.165) is 36.7 Å². The van der Waals surface area contributed by atoms with E-state index in [1.165, 1.54) is 12.8 Å². The number of nitriles is 1. The molecule has 1 N–H and O–H groups in total. The number of piperidine rings is 1. The van der Waals surface area contributed by atoms with Gasteiger partial charge in [-0.05, 0) is 57.3 Å². The Morgan fingerprint density at radius 1 is 1.53 bits per heavy atom. The highest BCUT2D eigenvalue weighted by molar-refractivity contribution is 5.57. The Labute approximate surface area is 115 Å². The van der Waals surface area contributed by atoms with Crippen molar-refractivity contribution < 1.29 is 0 Å². The molecule has 2 rings (SSSR count). The molecule has 2 heterocycles. The van der Waals surface area contributed by atoms with Crippen molar-refractivity contribution in [2.75, 3.05) is 31.6 Å². The highest BCUT2D eigenvalue weighted by Gasteiger charge is 2.18. The summed E-state index contributed by atoms with van der Waals surface area (Å²) in [6.07, 6.45) is 2.49. The van der Waals surface area contributed by atoms with Crippen LogP contribution in [-0.4, -0.2) is 31.7 Å². The Kier molecular flexibility index (Phi) is 4.39. The summed E-state index contributed by atoms with van der Waals surface area (Å²) in [7, 11) is 2.04. The van der Waals surface area contributed by atoms with Crippen LogP contribution in [0.1, 0.15) is 29.7 Å². The minimum Gasteiger partial charge on any atom is -0.358 e. The summed E-state index contributed by atoms with van der Waals surface area (Å²) in [5.74, 6) is 1.47. The molecular weight excluding hydrogens is 236 g/mol. The lowest BCUT2D eigenvalue weighted by Gasteiger charge is -2.29. The van der Waals surface area contributed by atoms with E-state index in [1.807, 2.05) is 27.0 Å². The van der Waals surface area contributed by atoms with E-state index >= 15 is 0 Å². The van der Waals surface area contributed by atoms with Crippen molar-refractivity contribution in [1.82, 2.24) is 10.3 Å². The van der Waals surface area contributed by atoms with Gasteiger partial charge in [0, 0.05) is 19.3 Å². The average Bonchev–Trinajstić information content (AvgIpc) is 2.39. The summed E-state index contributed by atoms with van der Waals surface area (Å²) in [5, 5.41) is 12.7. The molecule has 1 aliphatic heterocycles. The molecule has 0 radical (unpaired) electrons. The zero-order chi connectivity index (χ0) is 13.8. The van der Waals surface area contributed by atoms with Gasteiger partial charge in [0.05, 0.1) is 5.56 Å². The molecule has 4 nitrogen and oxygen atoms in total. The van der Waals surface area contributed by atoms with Crippen LogP contribution in [0.2, 0.25) is 0 Å². The summed E-state index contributed by atoms with van der Waals surface area (Å²) in [6, 6.07) is 4.26. The minimum atomic E-state index is 0.646. The molecule has 0 aromatic carbocycles. The Bertz CT molecular complexity index is 484.